The van der Waals surface area contributed by atoms with Gasteiger partial charge in [0.1, 0.15) is 0 Å². The van der Waals surface area contributed by atoms with E-state index in [2.05, 4.69) is 18.4 Å². The second-order valence-corrected chi connectivity index (χ2v) is 5.45. The molecule has 1 aliphatic heterocycles. The van der Waals surface area contributed by atoms with E-state index >= 15 is 0 Å². The SMILES string of the molecule is C=C1CCCN(C2CCC(CCC)C2)C1. The van der Waals surface area contributed by atoms with Crippen LogP contribution in [-0.2, 0) is 0 Å². The van der Waals surface area contributed by atoms with Crippen molar-refractivity contribution in [2.24, 2.45) is 5.92 Å². The summed E-state index contributed by atoms with van der Waals surface area (Å²) < 4.78 is 0. The van der Waals surface area contributed by atoms with Crippen LogP contribution in [0.25, 0.3) is 0 Å². The molecule has 0 N–H and O–H groups in total. The van der Waals surface area contributed by atoms with Gasteiger partial charge in [-0.05, 0) is 44.6 Å². The largest absolute Gasteiger partial charge is 0.296 e. The first-order valence-corrected chi connectivity index (χ1v) is 6.70. The van der Waals surface area contributed by atoms with Crippen LogP contribution in [0.3, 0.4) is 0 Å². The first-order valence-electron chi connectivity index (χ1n) is 6.70. The summed E-state index contributed by atoms with van der Waals surface area (Å²) >= 11 is 0. The van der Waals surface area contributed by atoms with E-state index in [-0.39, 0.29) is 0 Å². The molecule has 0 bridgehead atoms. The normalized spacial score (nSPS) is 33.5. The minimum absolute atomic E-state index is 0.888. The smallest absolute Gasteiger partial charge is 0.0193 e. The Morgan fingerprint density at radius 1 is 1.40 bits per heavy atom. The van der Waals surface area contributed by atoms with Crippen LogP contribution in [0.5, 0.6) is 0 Å². The molecule has 2 atom stereocenters. The van der Waals surface area contributed by atoms with Gasteiger partial charge >= 0.3 is 0 Å². The van der Waals surface area contributed by atoms with Crippen molar-refractivity contribution in [3.05, 3.63) is 12.2 Å². The van der Waals surface area contributed by atoms with Gasteiger partial charge in [-0.3, -0.25) is 4.90 Å². The molecule has 1 saturated carbocycles. The molecule has 86 valence electrons. The maximum absolute atomic E-state index is 4.15. The topological polar surface area (TPSA) is 3.24 Å². The molecule has 1 saturated heterocycles. The average Bonchev–Trinajstić information content (AvgIpc) is 2.67. The lowest BCUT2D eigenvalue weighted by Gasteiger charge is -2.33. The van der Waals surface area contributed by atoms with Crippen molar-refractivity contribution in [1.29, 1.82) is 0 Å². The third-order valence-electron chi connectivity index (χ3n) is 4.13. The molecule has 1 heterocycles. The van der Waals surface area contributed by atoms with Crippen LogP contribution in [0.2, 0.25) is 0 Å². The number of rotatable bonds is 3. The quantitative estimate of drug-likeness (QED) is 0.639. The van der Waals surface area contributed by atoms with Crippen LogP contribution in [0.1, 0.15) is 51.9 Å². The predicted octanol–water partition coefficient (Wildman–Crippen LogP) is 3.61. The highest BCUT2D eigenvalue weighted by Crippen LogP contribution is 2.33. The van der Waals surface area contributed by atoms with E-state index < -0.39 is 0 Å². The summed E-state index contributed by atoms with van der Waals surface area (Å²) in [6.45, 7) is 8.97. The maximum Gasteiger partial charge on any atom is 0.0193 e. The Morgan fingerprint density at radius 2 is 2.27 bits per heavy atom. The Balaban J connectivity index is 1.81. The molecule has 1 aliphatic carbocycles. The molecule has 1 nitrogen and oxygen atoms in total. The number of likely N-dealkylation sites (tertiary alicyclic amines) is 1. The summed E-state index contributed by atoms with van der Waals surface area (Å²) in [5.41, 5.74) is 1.46. The van der Waals surface area contributed by atoms with E-state index in [9.17, 15) is 0 Å². The van der Waals surface area contributed by atoms with E-state index in [1.165, 1.54) is 63.6 Å². The van der Waals surface area contributed by atoms with Crippen LogP contribution >= 0.6 is 0 Å². The molecular formula is C14H25N. The fourth-order valence-electron chi connectivity index (χ4n) is 3.34. The third kappa shape index (κ3) is 2.84. The van der Waals surface area contributed by atoms with Gasteiger partial charge in [0.15, 0.2) is 0 Å². The highest BCUT2D eigenvalue weighted by atomic mass is 15.2. The summed E-state index contributed by atoms with van der Waals surface area (Å²) in [6.07, 6.45) is 9.80. The molecule has 1 heteroatoms. The van der Waals surface area contributed by atoms with Crippen molar-refractivity contribution in [1.82, 2.24) is 4.90 Å². The molecule has 0 aromatic rings. The summed E-state index contributed by atoms with van der Waals surface area (Å²) in [6, 6.07) is 0.888. The molecular weight excluding hydrogens is 182 g/mol. The lowest BCUT2D eigenvalue weighted by molar-refractivity contribution is 0.189. The lowest BCUT2D eigenvalue weighted by Crippen LogP contribution is -2.38. The van der Waals surface area contributed by atoms with Crippen LogP contribution in [-0.4, -0.2) is 24.0 Å². The number of nitrogens with zero attached hydrogens (tertiary/aromatic N) is 1. The Hall–Kier alpha value is -0.300. The first kappa shape index (κ1) is 11.2. The van der Waals surface area contributed by atoms with Gasteiger partial charge in [-0.25, -0.2) is 0 Å². The van der Waals surface area contributed by atoms with Gasteiger partial charge in [-0.15, -0.1) is 0 Å². The van der Waals surface area contributed by atoms with Gasteiger partial charge in [0.2, 0.25) is 0 Å². The fraction of sp³-hybridized carbons (Fsp3) is 0.857. The third-order valence-corrected chi connectivity index (χ3v) is 4.13. The predicted molar refractivity (Wildman–Crippen MR) is 66.0 cm³/mol. The molecule has 2 aliphatic rings. The van der Waals surface area contributed by atoms with Crippen molar-refractivity contribution in [2.75, 3.05) is 13.1 Å². The molecule has 0 aromatic carbocycles. The Labute approximate surface area is 94.5 Å². The second kappa shape index (κ2) is 5.16. The van der Waals surface area contributed by atoms with E-state index in [0.29, 0.717) is 0 Å². The summed E-state index contributed by atoms with van der Waals surface area (Å²) in [5.74, 6) is 1.02. The summed E-state index contributed by atoms with van der Waals surface area (Å²) in [4.78, 5) is 2.70. The van der Waals surface area contributed by atoms with Crippen molar-refractivity contribution < 1.29 is 0 Å². The Morgan fingerprint density at radius 3 is 3.00 bits per heavy atom. The summed E-state index contributed by atoms with van der Waals surface area (Å²) in [5, 5.41) is 0. The monoisotopic (exact) mass is 207 g/mol. The van der Waals surface area contributed by atoms with Crippen LogP contribution in [0, 0.1) is 5.92 Å². The van der Waals surface area contributed by atoms with E-state index in [1.807, 2.05) is 0 Å². The molecule has 0 aromatic heterocycles. The lowest BCUT2D eigenvalue weighted by atomic mass is 10.0. The highest BCUT2D eigenvalue weighted by Gasteiger charge is 2.29. The van der Waals surface area contributed by atoms with E-state index in [1.54, 1.807) is 0 Å². The van der Waals surface area contributed by atoms with Crippen molar-refractivity contribution in [2.45, 2.75) is 57.9 Å². The van der Waals surface area contributed by atoms with Crippen LogP contribution < -0.4 is 0 Å². The van der Waals surface area contributed by atoms with Gasteiger partial charge in [-0.1, -0.05) is 31.9 Å². The van der Waals surface area contributed by atoms with Crippen LogP contribution in [0.15, 0.2) is 12.2 Å². The number of piperidine rings is 1. The van der Waals surface area contributed by atoms with Gasteiger partial charge in [-0.2, -0.15) is 0 Å². The minimum atomic E-state index is 0.888. The zero-order chi connectivity index (χ0) is 10.7. The zero-order valence-electron chi connectivity index (χ0n) is 10.2. The molecule has 0 spiro atoms. The number of hydrogen-bond donors (Lipinski definition) is 0. The minimum Gasteiger partial charge on any atom is -0.296 e. The van der Waals surface area contributed by atoms with Crippen LogP contribution in [0.4, 0.5) is 0 Å². The summed E-state index contributed by atoms with van der Waals surface area (Å²) in [7, 11) is 0. The molecule has 2 fully saturated rings. The Kier molecular flexibility index (Phi) is 3.85. The van der Waals surface area contributed by atoms with Crippen molar-refractivity contribution in [3.8, 4) is 0 Å². The van der Waals surface area contributed by atoms with Crippen molar-refractivity contribution in [3.63, 3.8) is 0 Å². The van der Waals surface area contributed by atoms with E-state index in [4.69, 9.17) is 0 Å². The van der Waals surface area contributed by atoms with Gasteiger partial charge in [0.25, 0.3) is 0 Å². The molecule has 0 amide bonds. The first-order chi connectivity index (χ1) is 7.29. The number of hydrogen-bond acceptors (Lipinski definition) is 1. The van der Waals surface area contributed by atoms with Gasteiger partial charge in [0.05, 0.1) is 0 Å². The highest BCUT2D eigenvalue weighted by molar-refractivity contribution is 5.02. The van der Waals surface area contributed by atoms with E-state index in [0.717, 1.165) is 12.0 Å². The second-order valence-electron chi connectivity index (χ2n) is 5.45. The molecule has 0 radical (unpaired) electrons. The fourth-order valence-corrected chi connectivity index (χ4v) is 3.34. The maximum atomic E-state index is 4.15. The molecule has 2 unspecified atom stereocenters. The van der Waals surface area contributed by atoms with Crippen molar-refractivity contribution >= 4 is 0 Å². The average molecular weight is 207 g/mol. The standard InChI is InChI=1S/C14H25N/c1-3-5-13-7-8-14(10-13)15-9-4-6-12(2)11-15/h13-14H,2-11H2,1H3. The van der Waals surface area contributed by atoms with Gasteiger partial charge < -0.3 is 0 Å². The Bertz CT molecular complexity index is 221. The zero-order valence-corrected chi connectivity index (χ0v) is 10.2. The van der Waals surface area contributed by atoms with Gasteiger partial charge in [0, 0.05) is 12.6 Å². The molecule has 2 rings (SSSR count). The molecule has 15 heavy (non-hydrogen) atoms.